The number of aliphatic hydroxyl groups is 1. The average molecular weight is 211 g/mol. The molecular formula is C11H17NO3. The van der Waals surface area contributed by atoms with E-state index in [9.17, 15) is 4.79 Å². The summed E-state index contributed by atoms with van der Waals surface area (Å²) in [4.78, 5) is 13.1. The Morgan fingerprint density at radius 1 is 1.53 bits per heavy atom. The quantitative estimate of drug-likeness (QED) is 0.604. The smallest absolute Gasteiger partial charge is 0.410 e. The largest absolute Gasteiger partial charge is 0.444 e. The Morgan fingerprint density at radius 3 is 2.60 bits per heavy atom. The number of carbonyl (C=O) groups is 1. The lowest BCUT2D eigenvalue weighted by Crippen LogP contribution is -2.51. The summed E-state index contributed by atoms with van der Waals surface area (Å²) in [6, 6.07) is 0. The molecule has 1 rings (SSSR count). The molecule has 1 aliphatic heterocycles. The summed E-state index contributed by atoms with van der Waals surface area (Å²) in [7, 11) is 0. The van der Waals surface area contributed by atoms with Crippen molar-refractivity contribution in [2.45, 2.75) is 26.4 Å². The molecule has 15 heavy (non-hydrogen) atoms. The standard InChI is InChI=1S/C11H17NO3/c1-11(2,3)15-10(14)12-7-9(8-12)5-4-6-13/h9,13H,6-8H2,1-3H3. The Morgan fingerprint density at radius 2 is 2.13 bits per heavy atom. The van der Waals surface area contributed by atoms with E-state index in [1.165, 1.54) is 0 Å². The summed E-state index contributed by atoms with van der Waals surface area (Å²) in [5, 5.41) is 8.48. The Kier molecular flexibility index (Phi) is 3.59. The Labute approximate surface area is 90.2 Å². The average Bonchev–Trinajstić information content (AvgIpc) is 1.98. The monoisotopic (exact) mass is 211 g/mol. The van der Waals surface area contributed by atoms with E-state index in [1.807, 2.05) is 20.8 Å². The number of rotatable bonds is 0. The molecule has 84 valence electrons. The maximum Gasteiger partial charge on any atom is 0.410 e. The zero-order valence-electron chi connectivity index (χ0n) is 9.41. The second kappa shape index (κ2) is 4.54. The number of aliphatic hydroxyl groups excluding tert-OH is 1. The minimum Gasteiger partial charge on any atom is -0.444 e. The van der Waals surface area contributed by atoms with Crippen LogP contribution < -0.4 is 0 Å². The number of likely N-dealkylation sites (tertiary alicyclic amines) is 1. The molecule has 1 amide bonds. The van der Waals surface area contributed by atoms with Gasteiger partial charge in [0.25, 0.3) is 0 Å². The highest BCUT2D eigenvalue weighted by Gasteiger charge is 2.32. The highest BCUT2D eigenvalue weighted by Crippen LogP contribution is 2.18. The van der Waals surface area contributed by atoms with E-state index >= 15 is 0 Å². The topological polar surface area (TPSA) is 49.8 Å². The van der Waals surface area contributed by atoms with Crippen LogP contribution in [0.15, 0.2) is 0 Å². The molecule has 0 radical (unpaired) electrons. The van der Waals surface area contributed by atoms with Crippen molar-refractivity contribution in [2.75, 3.05) is 19.7 Å². The molecular weight excluding hydrogens is 194 g/mol. The number of hydrogen-bond acceptors (Lipinski definition) is 3. The van der Waals surface area contributed by atoms with Crippen molar-refractivity contribution in [3.63, 3.8) is 0 Å². The Balaban J connectivity index is 2.30. The first-order chi connectivity index (χ1) is 6.92. The van der Waals surface area contributed by atoms with Gasteiger partial charge in [-0.1, -0.05) is 11.8 Å². The van der Waals surface area contributed by atoms with Gasteiger partial charge in [-0.15, -0.1) is 0 Å². The second-order valence-corrected chi connectivity index (χ2v) is 4.56. The number of ether oxygens (including phenoxy) is 1. The molecule has 0 spiro atoms. The molecule has 1 saturated heterocycles. The summed E-state index contributed by atoms with van der Waals surface area (Å²) < 4.78 is 5.18. The van der Waals surface area contributed by atoms with Gasteiger partial charge in [-0.05, 0) is 20.8 Å². The van der Waals surface area contributed by atoms with Crippen LogP contribution in [0.2, 0.25) is 0 Å². The number of amides is 1. The van der Waals surface area contributed by atoms with Crippen molar-refractivity contribution in [2.24, 2.45) is 5.92 Å². The second-order valence-electron chi connectivity index (χ2n) is 4.56. The molecule has 4 nitrogen and oxygen atoms in total. The first-order valence-electron chi connectivity index (χ1n) is 4.99. The molecule has 0 aromatic carbocycles. The lowest BCUT2D eigenvalue weighted by molar-refractivity contribution is 0.00591. The molecule has 4 heteroatoms. The maximum absolute atomic E-state index is 11.5. The summed E-state index contributed by atoms with van der Waals surface area (Å²) in [6.45, 7) is 6.60. The Bertz CT molecular complexity index is 289. The van der Waals surface area contributed by atoms with Crippen molar-refractivity contribution < 1.29 is 14.6 Å². The molecule has 0 aromatic rings. The third-order valence-corrected chi connectivity index (χ3v) is 1.92. The van der Waals surface area contributed by atoms with Gasteiger partial charge in [-0.25, -0.2) is 4.79 Å². The molecule has 0 aliphatic carbocycles. The molecule has 1 fully saturated rings. The van der Waals surface area contributed by atoms with Gasteiger partial charge in [0, 0.05) is 13.1 Å². The molecule has 0 unspecified atom stereocenters. The molecule has 1 aliphatic rings. The molecule has 1 heterocycles. The fourth-order valence-electron chi connectivity index (χ4n) is 1.24. The van der Waals surface area contributed by atoms with Gasteiger partial charge in [0.1, 0.15) is 12.2 Å². The number of nitrogens with zero attached hydrogens (tertiary/aromatic N) is 1. The minimum atomic E-state index is -0.445. The van der Waals surface area contributed by atoms with Crippen molar-refractivity contribution in [3.8, 4) is 11.8 Å². The van der Waals surface area contributed by atoms with Gasteiger partial charge < -0.3 is 14.7 Å². The van der Waals surface area contributed by atoms with E-state index in [0.29, 0.717) is 13.1 Å². The fraction of sp³-hybridized carbons (Fsp3) is 0.727. The van der Waals surface area contributed by atoms with Gasteiger partial charge in [0.2, 0.25) is 0 Å². The summed E-state index contributed by atoms with van der Waals surface area (Å²) in [5.41, 5.74) is -0.445. The van der Waals surface area contributed by atoms with Gasteiger partial charge in [-0.2, -0.15) is 0 Å². The van der Waals surface area contributed by atoms with Crippen molar-refractivity contribution >= 4 is 6.09 Å². The van der Waals surface area contributed by atoms with Crippen LogP contribution in [0.3, 0.4) is 0 Å². The zero-order chi connectivity index (χ0) is 11.5. The maximum atomic E-state index is 11.5. The lowest BCUT2D eigenvalue weighted by Gasteiger charge is -2.37. The fourth-order valence-corrected chi connectivity index (χ4v) is 1.24. The summed E-state index contributed by atoms with van der Waals surface area (Å²) >= 11 is 0. The van der Waals surface area contributed by atoms with E-state index in [1.54, 1.807) is 4.90 Å². The normalized spacial score (nSPS) is 16.4. The number of hydrogen-bond donors (Lipinski definition) is 1. The van der Waals surface area contributed by atoms with E-state index in [-0.39, 0.29) is 18.6 Å². The molecule has 0 aromatic heterocycles. The predicted molar refractivity (Wildman–Crippen MR) is 56.2 cm³/mol. The first-order valence-corrected chi connectivity index (χ1v) is 4.99. The van der Waals surface area contributed by atoms with E-state index in [2.05, 4.69) is 11.8 Å². The molecule has 0 bridgehead atoms. The third-order valence-electron chi connectivity index (χ3n) is 1.92. The van der Waals surface area contributed by atoms with Crippen LogP contribution in [0.4, 0.5) is 4.79 Å². The van der Waals surface area contributed by atoms with Crippen LogP contribution in [0.25, 0.3) is 0 Å². The first kappa shape index (κ1) is 11.9. The van der Waals surface area contributed by atoms with E-state index < -0.39 is 5.60 Å². The third kappa shape index (κ3) is 3.80. The van der Waals surface area contributed by atoms with E-state index in [0.717, 1.165) is 0 Å². The SMILES string of the molecule is CC(C)(C)OC(=O)N1CC(C#CCO)C1. The lowest BCUT2D eigenvalue weighted by atomic mass is 10.0. The van der Waals surface area contributed by atoms with Crippen LogP contribution in [0, 0.1) is 17.8 Å². The molecule has 0 atom stereocenters. The Hall–Kier alpha value is -1.21. The van der Waals surface area contributed by atoms with Gasteiger partial charge >= 0.3 is 6.09 Å². The highest BCUT2D eigenvalue weighted by atomic mass is 16.6. The molecule has 0 saturated carbocycles. The van der Waals surface area contributed by atoms with Gasteiger partial charge in [0.05, 0.1) is 5.92 Å². The zero-order valence-corrected chi connectivity index (χ0v) is 9.41. The van der Waals surface area contributed by atoms with Crippen LogP contribution in [0.1, 0.15) is 20.8 Å². The van der Waals surface area contributed by atoms with Crippen molar-refractivity contribution in [1.29, 1.82) is 0 Å². The van der Waals surface area contributed by atoms with Crippen LogP contribution in [0.5, 0.6) is 0 Å². The minimum absolute atomic E-state index is 0.122. The number of carbonyl (C=O) groups excluding carboxylic acids is 1. The summed E-state index contributed by atoms with van der Waals surface area (Å²) in [6.07, 6.45) is -0.287. The van der Waals surface area contributed by atoms with Gasteiger partial charge in [-0.3, -0.25) is 0 Å². The van der Waals surface area contributed by atoms with Crippen LogP contribution in [-0.4, -0.2) is 41.4 Å². The van der Waals surface area contributed by atoms with Gasteiger partial charge in [0.15, 0.2) is 0 Å². The summed E-state index contributed by atoms with van der Waals surface area (Å²) in [5.74, 6) is 5.64. The van der Waals surface area contributed by atoms with Crippen molar-refractivity contribution in [3.05, 3.63) is 0 Å². The predicted octanol–water partition coefficient (Wildman–Crippen LogP) is 0.849. The van der Waals surface area contributed by atoms with E-state index in [4.69, 9.17) is 9.84 Å². The van der Waals surface area contributed by atoms with Crippen LogP contribution in [-0.2, 0) is 4.74 Å². The molecule has 1 N–H and O–H groups in total. The van der Waals surface area contributed by atoms with Crippen LogP contribution >= 0.6 is 0 Å². The highest BCUT2D eigenvalue weighted by molar-refractivity contribution is 5.69. The van der Waals surface area contributed by atoms with Crippen molar-refractivity contribution in [1.82, 2.24) is 4.90 Å².